The largest absolute Gasteiger partial charge is 0.508 e. The van der Waals surface area contributed by atoms with Gasteiger partial charge in [-0.05, 0) is 25.3 Å². The van der Waals surface area contributed by atoms with Crippen LogP contribution >= 0.6 is 0 Å². The zero-order valence-electron chi connectivity index (χ0n) is 10.0. The number of unbranched alkanes of at least 4 members (excludes halogenated alkanes) is 1. The van der Waals surface area contributed by atoms with Gasteiger partial charge in [0.15, 0.2) is 0 Å². The molecule has 4 nitrogen and oxygen atoms in total. The number of aryl methyl sites for hydroxylation is 1. The highest BCUT2D eigenvalue weighted by Gasteiger charge is 2.03. The highest BCUT2D eigenvalue weighted by atomic mass is 16.7. The fourth-order valence-corrected chi connectivity index (χ4v) is 1.24. The number of carbonyl (C=O) groups excluding carboxylic acids is 1. The Kier molecular flexibility index (Phi) is 6.10. The minimum atomic E-state index is -0.663. The molecule has 0 aliphatic carbocycles. The number of rotatable bonds is 6. The van der Waals surface area contributed by atoms with Crippen molar-refractivity contribution in [3.05, 3.63) is 35.4 Å². The molecule has 0 fully saturated rings. The number of carbonyl (C=O) groups is 1. The molecule has 0 aromatic heterocycles. The van der Waals surface area contributed by atoms with E-state index in [1.807, 2.05) is 31.2 Å². The number of aliphatic hydroxyl groups is 1. The second-order valence-electron chi connectivity index (χ2n) is 3.80. The lowest BCUT2D eigenvalue weighted by atomic mass is 10.2. The number of ether oxygens (including phenoxy) is 2. The fraction of sp³-hybridized carbons (Fsp3) is 0.462. The van der Waals surface area contributed by atoms with Crippen LogP contribution < -0.4 is 0 Å². The molecule has 1 N–H and O–H groups in total. The van der Waals surface area contributed by atoms with Gasteiger partial charge in [0.2, 0.25) is 0 Å². The van der Waals surface area contributed by atoms with Crippen LogP contribution in [0.4, 0.5) is 4.79 Å². The van der Waals surface area contributed by atoms with E-state index < -0.39 is 6.16 Å². The van der Waals surface area contributed by atoms with Gasteiger partial charge in [-0.2, -0.15) is 0 Å². The van der Waals surface area contributed by atoms with Gasteiger partial charge in [0, 0.05) is 6.61 Å². The third kappa shape index (κ3) is 5.92. The van der Waals surface area contributed by atoms with Crippen LogP contribution in [0.3, 0.4) is 0 Å². The van der Waals surface area contributed by atoms with Crippen molar-refractivity contribution in [2.75, 3.05) is 13.2 Å². The average molecular weight is 238 g/mol. The molecule has 0 unspecified atom stereocenters. The molecule has 1 aromatic carbocycles. The average Bonchev–Trinajstić information content (AvgIpc) is 2.34. The minimum absolute atomic E-state index is 0.113. The molecule has 0 heterocycles. The molecule has 1 aromatic rings. The monoisotopic (exact) mass is 238 g/mol. The minimum Gasteiger partial charge on any atom is -0.434 e. The first-order valence-electron chi connectivity index (χ1n) is 5.68. The van der Waals surface area contributed by atoms with Crippen molar-refractivity contribution in [2.24, 2.45) is 0 Å². The highest BCUT2D eigenvalue weighted by Crippen LogP contribution is 2.05. The number of benzene rings is 1. The van der Waals surface area contributed by atoms with Crippen LogP contribution in [0.1, 0.15) is 24.0 Å². The van der Waals surface area contributed by atoms with E-state index in [0.29, 0.717) is 12.8 Å². The highest BCUT2D eigenvalue weighted by molar-refractivity contribution is 5.59. The summed E-state index contributed by atoms with van der Waals surface area (Å²) in [6, 6.07) is 7.75. The van der Waals surface area contributed by atoms with Gasteiger partial charge >= 0.3 is 6.16 Å². The van der Waals surface area contributed by atoms with Crippen molar-refractivity contribution in [3.8, 4) is 0 Å². The van der Waals surface area contributed by atoms with E-state index in [2.05, 4.69) is 0 Å². The van der Waals surface area contributed by atoms with E-state index in [1.54, 1.807) is 0 Å². The molecule has 0 radical (unpaired) electrons. The topological polar surface area (TPSA) is 55.8 Å². The molecule has 0 aliphatic heterocycles. The summed E-state index contributed by atoms with van der Waals surface area (Å²) in [5, 5.41) is 8.53. The predicted octanol–water partition coefficient (Wildman–Crippen LogP) is 2.42. The maximum atomic E-state index is 11.1. The maximum absolute atomic E-state index is 11.1. The zero-order chi connectivity index (χ0) is 12.5. The molecule has 0 saturated heterocycles. The summed E-state index contributed by atoms with van der Waals surface area (Å²) < 4.78 is 9.74. The molecule has 0 saturated carbocycles. The van der Waals surface area contributed by atoms with Gasteiger partial charge < -0.3 is 14.6 Å². The smallest absolute Gasteiger partial charge is 0.434 e. The molecular weight excluding hydrogens is 220 g/mol. The molecule has 1 rings (SSSR count). The number of aliphatic hydroxyl groups excluding tert-OH is 1. The van der Waals surface area contributed by atoms with E-state index in [4.69, 9.17) is 14.6 Å². The van der Waals surface area contributed by atoms with Crippen LogP contribution in [-0.2, 0) is 16.1 Å². The summed E-state index contributed by atoms with van der Waals surface area (Å²) >= 11 is 0. The molecule has 4 heteroatoms. The molecule has 94 valence electrons. The van der Waals surface area contributed by atoms with Gasteiger partial charge in [-0.25, -0.2) is 4.79 Å². The number of hydrogen-bond donors (Lipinski definition) is 1. The van der Waals surface area contributed by atoms with E-state index in [0.717, 1.165) is 5.56 Å². The number of hydrogen-bond acceptors (Lipinski definition) is 4. The van der Waals surface area contributed by atoms with Crippen molar-refractivity contribution >= 4 is 6.16 Å². The predicted molar refractivity (Wildman–Crippen MR) is 63.6 cm³/mol. The lowest BCUT2D eigenvalue weighted by Crippen LogP contribution is -2.08. The van der Waals surface area contributed by atoms with Crippen LogP contribution in [0, 0.1) is 6.92 Å². The second-order valence-corrected chi connectivity index (χ2v) is 3.80. The molecule has 0 aliphatic rings. The summed E-state index contributed by atoms with van der Waals surface area (Å²) in [6.07, 6.45) is 0.616. The maximum Gasteiger partial charge on any atom is 0.508 e. The SMILES string of the molecule is Cc1ccc(COC(=O)OCCCCO)cc1. The van der Waals surface area contributed by atoms with E-state index in [9.17, 15) is 4.79 Å². The van der Waals surface area contributed by atoms with Crippen LogP contribution in [0.25, 0.3) is 0 Å². The van der Waals surface area contributed by atoms with Crippen LogP contribution in [0.15, 0.2) is 24.3 Å². The van der Waals surface area contributed by atoms with Crippen LogP contribution in [0.5, 0.6) is 0 Å². The summed E-state index contributed by atoms with van der Waals surface area (Å²) in [5.41, 5.74) is 2.10. The van der Waals surface area contributed by atoms with Gasteiger partial charge in [0.05, 0.1) is 6.61 Å². The Hall–Kier alpha value is -1.55. The standard InChI is InChI=1S/C13H18O4/c1-11-4-6-12(7-5-11)10-17-13(15)16-9-3-2-8-14/h4-7,14H,2-3,8-10H2,1H3. The second kappa shape index (κ2) is 7.68. The normalized spacial score (nSPS) is 10.0. The Morgan fingerprint density at radius 1 is 1.18 bits per heavy atom. The third-order valence-electron chi connectivity index (χ3n) is 2.25. The molecule has 0 spiro atoms. The van der Waals surface area contributed by atoms with Crippen molar-refractivity contribution in [1.82, 2.24) is 0 Å². The zero-order valence-corrected chi connectivity index (χ0v) is 10.0. The first-order valence-corrected chi connectivity index (χ1v) is 5.68. The lowest BCUT2D eigenvalue weighted by molar-refractivity contribution is 0.0479. The van der Waals surface area contributed by atoms with Crippen LogP contribution in [-0.4, -0.2) is 24.5 Å². The third-order valence-corrected chi connectivity index (χ3v) is 2.25. The molecule has 0 bridgehead atoms. The van der Waals surface area contributed by atoms with Gasteiger partial charge in [0.1, 0.15) is 6.61 Å². The van der Waals surface area contributed by atoms with Crippen molar-refractivity contribution in [3.63, 3.8) is 0 Å². The van der Waals surface area contributed by atoms with Gasteiger partial charge in [-0.3, -0.25) is 0 Å². The Morgan fingerprint density at radius 2 is 1.88 bits per heavy atom. The van der Waals surface area contributed by atoms with Crippen molar-refractivity contribution in [2.45, 2.75) is 26.4 Å². The van der Waals surface area contributed by atoms with E-state index in [1.165, 1.54) is 5.56 Å². The van der Waals surface area contributed by atoms with Crippen molar-refractivity contribution < 1.29 is 19.4 Å². The van der Waals surface area contributed by atoms with Crippen molar-refractivity contribution in [1.29, 1.82) is 0 Å². The summed E-state index contributed by atoms with van der Waals surface area (Å²) in [4.78, 5) is 11.1. The molecular formula is C13H18O4. The van der Waals surface area contributed by atoms with Gasteiger partial charge in [0.25, 0.3) is 0 Å². The Morgan fingerprint density at radius 3 is 2.53 bits per heavy atom. The van der Waals surface area contributed by atoms with Gasteiger partial charge in [-0.1, -0.05) is 29.8 Å². The Balaban J connectivity index is 2.17. The lowest BCUT2D eigenvalue weighted by Gasteiger charge is -2.06. The summed E-state index contributed by atoms with van der Waals surface area (Å²) in [7, 11) is 0. The fourth-order valence-electron chi connectivity index (χ4n) is 1.24. The van der Waals surface area contributed by atoms with E-state index in [-0.39, 0.29) is 19.8 Å². The summed E-state index contributed by atoms with van der Waals surface area (Å²) in [6.45, 7) is 2.62. The Labute approximate surface area is 101 Å². The first kappa shape index (κ1) is 13.5. The Bertz CT molecular complexity index is 332. The van der Waals surface area contributed by atoms with Gasteiger partial charge in [-0.15, -0.1) is 0 Å². The molecule has 0 amide bonds. The van der Waals surface area contributed by atoms with Crippen LogP contribution in [0.2, 0.25) is 0 Å². The molecule has 0 atom stereocenters. The molecule has 17 heavy (non-hydrogen) atoms. The quantitative estimate of drug-likeness (QED) is 0.611. The van der Waals surface area contributed by atoms with E-state index >= 15 is 0 Å². The first-order chi connectivity index (χ1) is 8.22. The summed E-state index contributed by atoms with van der Waals surface area (Å²) in [5.74, 6) is 0.